The summed E-state index contributed by atoms with van der Waals surface area (Å²) in [5, 5.41) is 7.92. The van der Waals surface area contributed by atoms with Gasteiger partial charge in [-0.05, 0) is 19.9 Å². The van der Waals surface area contributed by atoms with Crippen LogP contribution in [-0.2, 0) is 13.0 Å². The van der Waals surface area contributed by atoms with Crippen LogP contribution in [0.15, 0.2) is 24.4 Å². The third-order valence-electron chi connectivity index (χ3n) is 4.69. The summed E-state index contributed by atoms with van der Waals surface area (Å²) in [5.41, 5.74) is 3.15. The minimum absolute atomic E-state index is 0.175. The Kier molecular flexibility index (Phi) is 4.06. The van der Waals surface area contributed by atoms with Gasteiger partial charge < -0.3 is 9.47 Å². The molecule has 6 heteroatoms. The number of hydrogen-bond acceptors (Lipinski definition) is 6. The molecule has 4 rings (SSSR count). The lowest BCUT2D eigenvalue weighted by atomic mass is 10.2. The zero-order valence-electron chi connectivity index (χ0n) is 14.1. The van der Waals surface area contributed by atoms with Gasteiger partial charge in [-0.15, -0.1) is 0 Å². The fourth-order valence-electron chi connectivity index (χ4n) is 3.43. The molecule has 2 atom stereocenters. The molecule has 2 aliphatic rings. The smallest absolute Gasteiger partial charge is 0.216 e. The summed E-state index contributed by atoms with van der Waals surface area (Å²) in [5.74, 6) is 1.61. The molecule has 0 amide bonds. The molecule has 0 aromatic carbocycles. The van der Waals surface area contributed by atoms with E-state index in [0.717, 1.165) is 55.6 Å². The van der Waals surface area contributed by atoms with E-state index in [2.05, 4.69) is 39.1 Å². The van der Waals surface area contributed by atoms with E-state index in [1.54, 1.807) is 6.20 Å². The number of aromatic nitrogens is 3. The largest absolute Gasteiger partial charge is 0.487 e. The Hall–Kier alpha value is -2.21. The van der Waals surface area contributed by atoms with Gasteiger partial charge in [0.15, 0.2) is 0 Å². The van der Waals surface area contributed by atoms with Crippen molar-refractivity contribution >= 4 is 0 Å². The van der Waals surface area contributed by atoms with E-state index in [1.165, 1.54) is 5.56 Å². The maximum atomic E-state index is 6.08. The summed E-state index contributed by atoms with van der Waals surface area (Å²) in [4.78, 5) is 7.06. The number of ether oxygens (including phenoxy) is 2. The minimum Gasteiger partial charge on any atom is -0.487 e. The number of aryl methyl sites for hydroxylation is 1. The zero-order valence-corrected chi connectivity index (χ0v) is 14.1. The Balaban J connectivity index is 1.40. The first kappa shape index (κ1) is 15.3. The molecule has 0 bridgehead atoms. The van der Waals surface area contributed by atoms with Gasteiger partial charge >= 0.3 is 0 Å². The Morgan fingerprint density at radius 3 is 3.17 bits per heavy atom. The zero-order chi connectivity index (χ0) is 16.5. The fourth-order valence-corrected chi connectivity index (χ4v) is 3.43. The van der Waals surface area contributed by atoms with Crippen molar-refractivity contribution in [3.05, 3.63) is 41.3 Å². The van der Waals surface area contributed by atoms with Crippen LogP contribution in [0.5, 0.6) is 11.6 Å². The van der Waals surface area contributed by atoms with E-state index in [0.29, 0.717) is 6.04 Å². The van der Waals surface area contributed by atoms with Gasteiger partial charge in [-0.1, -0.05) is 6.07 Å². The lowest BCUT2D eigenvalue weighted by Gasteiger charge is -2.20. The van der Waals surface area contributed by atoms with Crippen molar-refractivity contribution in [1.82, 2.24) is 20.1 Å². The topological polar surface area (TPSA) is 60.4 Å². The van der Waals surface area contributed by atoms with Gasteiger partial charge in [0.2, 0.25) is 5.88 Å². The van der Waals surface area contributed by atoms with E-state index in [4.69, 9.17) is 9.47 Å². The van der Waals surface area contributed by atoms with Crippen LogP contribution in [0.3, 0.4) is 0 Å². The maximum absolute atomic E-state index is 6.08. The maximum Gasteiger partial charge on any atom is 0.216 e. The summed E-state index contributed by atoms with van der Waals surface area (Å²) < 4.78 is 11.7. The van der Waals surface area contributed by atoms with E-state index in [1.807, 2.05) is 13.0 Å². The molecule has 2 aliphatic heterocycles. The van der Waals surface area contributed by atoms with Crippen LogP contribution in [0.1, 0.15) is 30.3 Å². The predicted molar refractivity (Wildman–Crippen MR) is 89.1 cm³/mol. The number of hydrogen-bond donors (Lipinski definition) is 0. The highest BCUT2D eigenvalue weighted by Gasteiger charge is 2.31. The predicted octanol–water partition coefficient (Wildman–Crippen LogP) is 2.16. The molecule has 2 aromatic rings. The normalized spacial score (nSPS) is 23.1. The molecule has 0 saturated carbocycles. The van der Waals surface area contributed by atoms with Gasteiger partial charge in [0.25, 0.3) is 0 Å². The average molecular weight is 326 g/mol. The number of fused-ring (bicyclic) bond motifs is 1. The van der Waals surface area contributed by atoms with Crippen molar-refractivity contribution in [2.24, 2.45) is 0 Å². The molecule has 0 spiro atoms. The highest BCUT2D eigenvalue weighted by atomic mass is 16.5. The van der Waals surface area contributed by atoms with Crippen molar-refractivity contribution in [2.45, 2.75) is 45.4 Å². The van der Waals surface area contributed by atoms with Crippen molar-refractivity contribution in [3.63, 3.8) is 0 Å². The summed E-state index contributed by atoms with van der Waals surface area (Å²) in [6, 6.07) is 6.65. The Labute approximate surface area is 141 Å². The molecule has 0 N–H and O–H groups in total. The first-order chi connectivity index (χ1) is 11.7. The fraction of sp³-hybridized carbons (Fsp3) is 0.500. The molecular formula is C18H22N4O2. The third kappa shape index (κ3) is 3.19. The Morgan fingerprint density at radius 2 is 2.29 bits per heavy atom. The summed E-state index contributed by atoms with van der Waals surface area (Å²) in [7, 11) is 0. The third-order valence-corrected chi connectivity index (χ3v) is 4.69. The highest BCUT2D eigenvalue weighted by Crippen LogP contribution is 2.26. The quantitative estimate of drug-likeness (QED) is 0.858. The molecule has 0 unspecified atom stereocenters. The number of nitrogens with zero attached hydrogens (tertiary/aromatic N) is 4. The number of likely N-dealkylation sites (tertiary alicyclic amines) is 1. The van der Waals surface area contributed by atoms with Gasteiger partial charge in [0, 0.05) is 43.6 Å². The van der Waals surface area contributed by atoms with Gasteiger partial charge in [0.1, 0.15) is 11.9 Å². The molecule has 6 nitrogen and oxygen atoms in total. The molecule has 0 aliphatic carbocycles. The van der Waals surface area contributed by atoms with E-state index in [9.17, 15) is 0 Å². The van der Waals surface area contributed by atoms with E-state index in [-0.39, 0.29) is 6.10 Å². The number of pyridine rings is 1. The molecular weight excluding hydrogens is 304 g/mol. The standard InChI is InChI=1S/C18H22N4O2/c1-12-7-16(9-19-21-12)24-17-8-13(2)22(11-17)10-15-4-3-14-5-6-23-18(14)20-15/h3-4,7,9,13,17H,5-6,8,10-11H2,1-2H3/t13-,17+/m0/s1. The van der Waals surface area contributed by atoms with Crippen LogP contribution < -0.4 is 9.47 Å². The van der Waals surface area contributed by atoms with Crippen molar-refractivity contribution in [3.8, 4) is 11.6 Å². The molecule has 24 heavy (non-hydrogen) atoms. The summed E-state index contributed by atoms with van der Waals surface area (Å²) >= 11 is 0. The lowest BCUT2D eigenvalue weighted by molar-refractivity contribution is 0.193. The van der Waals surface area contributed by atoms with Gasteiger partial charge in [-0.3, -0.25) is 4.90 Å². The van der Waals surface area contributed by atoms with Crippen LogP contribution in [-0.4, -0.2) is 45.4 Å². The van der Waals surface area contributed by atoms with Crippen molar-refractivity contribution in [1.29, 1.82) is 0 Å². The van der Waals surface area contributed by atoms with Crippen LogP contribution in [0.25, 0.3) is 0 Å². The van der Waals surface area contributed by atoms with E-state index < -0.39 is 0 Å². The first-order valence-corrected chi connectivity index (χ1v) is 8.49. The molecule has 1 saturated heterocycles. The lowest BCUT2D eigenvalue weighted by Crippen LogP contribution is -2.28. The van der Waals surface area contributed by atoms with Crippen molar-refractivity contribution in [2.75, 3.05) is 13.2 Å². The van der Waals surface area contributed by atoms with Crippen LogP contribution in [0.2, 0.25) is 0 Å². The second-order valence-corrected chi connectivity index (χ2v) is 6.65. The van der Waals surface area contributed by atoms with Crippen LogP contribution in [0, 0.1) is 6.92 Å². The van der Waals surface area contributed by atoms with E-state index >= 15 is 0 Å². The molecule has 4 heterocycles. The van der Waals surface area contributed by atoms with Crippen LogP contribution >= 0.6 is 0 Å². The molecule has 2 aromatic heterocycles. The first-order valence-electron chi connectivity index (χ1n) is 8.49. The van der Waals surface area contributed by atoms with Crippen molar-refractivity contribution < 1.29 is 9.47 Å². The second kappa shape index (κ2) is 6.36. The highest BCUT2D eigenvalue weighted by molar-refractivity contribution is 5.31. The van der Waals surface area contributed by atoms with Gasteiger partial charge in [-0.25, -0.2) is 4.98 Å². The summed E-state index contributed by atoms with van der Waals surface area (Å²) in [6.07, 6.45) is 3.83. The SMILES string of the molecule is Cc1cc(O[C@@H]2C[C@H](C)N(Cc3ccc4c(n3)OCC4)C2)cnn1. The Bertz CT molecular complexity index is 737. The average Bonchev–Trinajstić information content (AvgIpc) is 3.14. The molecule has 126 valence electrons. The Morgan fingerprint density at radius 1 is 1.38 bits per heavy atom. The minimum atomic E-state index is 0.175. The number of rotatable bonds is 4. The molecule has 1 fully saturated rings. The second-order valence-electron chi connectivity index (χ2n) is 6.65. The van der Waals surface area contributed by atoms with Gasteiger partial charge in [-0.2, -0.15) is 10.2 Å². The monoisotopic (exact) mass is 326 g/mol. The molecule has 0 radical (unpaired) electrons. The van der Waals surface area contributed by atoms with Crippen LogP contribution in [0.4, 0.5) is 0 Å². The van der Waals surface area contributed by atoms with Gasteiger partial charge in [0.05, 0.1) is 24.2 Å². The summed E-state index contributed by atoms with van der Waals surface area (Å²) in [6.45, 7) is 6.63.